The second-order valence-electron chi connectivity index (χ2n) is 5.70. The third-order valence-corrected chi connectivity index (χ3v) is 4.71. The number of para-hydroxylation sites is 1. The molecule has 0 saturated carbocycles. The number of imidazole rings is 1. The van der Waals surface area contributed by atoms with Gasteiger partial charge in [0.1, 0.15) is 5.82 Å². The summed E-state index contributed by atoms with van der Waals surface area (Å²) in [7, 11) is 1.56. The Morgan fingerprint density at radius 2 is 1.92 bits per heavy atom. The van der Waals surface area contributed by atoms with Crippen LogP contribution in [0.2, 0.25) is 0 Å². The van der Waals surface area contributed by atoms with Crippen LogP contribution in [0, 0.1) is 6.92 Å². The van der Waals surface area contributed by atoms with Crippen LogP contribution in [-0.4, -0.2) is 29.1 Å². The van der Waals surface area contributed by atoms with E-state index in [2.05, 4.69) is 35.9 Å². The first-order valence-corrected chi connectivity index (χ1v) is 8.32. The number of halogens is 1. The summed E-state index contributed by atoms with van der Waals surface area (Å²) >= 11 is 3.36. The Kier molecular flexibility index (Phi) is 3.53. The molecule has 0 atom stereocenters. The van der Waals surface area contributed by atoms with E-state index < -0.39 is 11.2 Å². The molecule has 0 aliphatic rings. The Balaban J connectivity index is 1.92. The molecule has 0 bridgehead atoms. The van der Waals surface area contributed by atoms with Gasteiger partial charge in [0.15, 0.2) is 15.9 Å². The molecule has 0 unspecified atom stereocenters. The molecular formula is C16H13BrN6O2. The lowest BCUT2D eigenvalue weighted by molar-refractivity contribution is 0.743. The maximum Gasteiger partial charge on any atom is 0.329 e. The molecule has 0 spiro atoms. The summed E-state index contributed by atoms with van der Waals surface area (Å²) < 4.78 is 3.38. The molecule has 4 rings (SSSR count). The van der Waals surface area contributed by atoms with Crippen molar-refractivity contribution in [1.29, 1.82) is 0 Å². The molecule has 0 amide bonds. The van der Waals surface area contributed by atoms with Crippen LogP contribution in [0.5, 0.6) is 0 Å². The SMILES string of the molecule is Cc1nc(Cn2c(Br)nc3c2c(=O)[nH]c(=O)n3C)nc2ccccc12. The van der Waals surface area contributed by atoms with Crippen LogP contribution < -0.4 is 11.2 Å². The summed E-state index contributed by atoms with van der Waals surface area (Å²) in [6.45, 7) is 2.18. The van der Waals surface area contributed by atoms with Gasteiger partial charge in [-0.2, -0.15) is 0 Å². The van der Waals surface area contributed by atoms with Crippen molar-refractivity contribution < 1.29 is 0 Å². The molecule has 0 aliphatic heterocycles. The molecule has 0 radical (unpaired) electrons. The second kappa shape index (κ2) is 5.62. The van der Waals surface area contributed by atoms with Gasteiger partial charge < -0.3 is 4.57 Å². The van der Waals surface area contributed by atoms with Crippen LogP contribution in [0.25, 0.3) is 22.1 Å². The molecule has 0 saturated heterocycles. The van der Waals surface area contributed by atoms with Crippen LogP contribution in [0.4, 0.5) is 0 Å². The van der Waals surface area contributed by atoms with Crippen LogP contribution in [0.3, 0.4) is 0 Å². The predicted octanol–water partition coefficient (Wildman–Crippen LogP) is 1.49. The van der Waals surface area contributed by atoms with Crippen molar-refractivity contribution in [3.8, 4) is 0 Å². The molecule has 3 heterocycles. The summed E-state index contributed by atoms with van der Waals surface area (Å²) in [5.41, 5.74) is 1.30. The zero-order valence-electron chi connectivity index (χ0n) is 13.4. The van der Waals surface area contributed by atoms with Crippen molar-refractivity contribution >= 4 is 38.0 Å². The van der Waals surface area contributed by atoms with E-state index >= 15 is 0 Å². The van der Waals surface area contributed by atoms with Crippen LogP contribution >= 0.6 is 15.9 Å². The fraction of sp³-hybridized carbons (Fsp3) is 0.188. The molecule has 8 nitrogen and oxygen atoms in total. The molecular weight excluding hydrogens is 388 g/mol. The molecule has 1 N–H and O–H groups in total. The highest BCUT2D eigenvalue weighted by molar-refractivity contribution is 9.10. The lowest BCUT2D eigenvalue weighted by Crippen LogP contribution is -2.29. The van der Waals surface area contributed by atoms with Gasteiger partial charge in [-0.05, 0) is 28.9 Å². The van der Waals surface area contributed by atoms with Crippen LogP contribution in [0.1, 0.15) is 11.5 Å². The first-order chi connectivity index (χ1) is 12.0. The van der Waals surface area contributed by atoms with Gasteiger partial charge in [-0.25, -0.2) is 19.7 Å². The van der Waals surface area contributed by atoms with E-state index in [-0.39, 0.29) is 6.54 Å². The molecule has 9 heteroatoms. The maximum atomic E-state index is 12.3. The second-order valence-corrected chi connectivity index (χ2v) is 6.41. The number of benzene rings is 1. The van der Waals surface area contributed by atoms with Gasteiger partial charge in [0, 0.05) is 18.1 Å². The Labute approximate surface area is 149 Å². The number of aryl methyl sites for hydroxylation is 2. The van der Waals surface area contributed by atoms with E-state index in [0.717, 1.165) is 16.6 Å². The van der Waals surface area contributed by atoms with E-state index in [1.54, 1.807) is 11.6 Å². The summed E-state index contributed by atoms with van der Waals surface area (Å²) in [6, 6.07) is 7.75. The van der Waals surface area contributed by atoms with E-state index in [1.165, 1.54) is 4.57 Å². The zero-order valence-corrected chi connectivity index (χ0v) is 15.0. The van der Waals surface area contributed by atoms with E-state index in [4.69, 9.17) is 0 Å². The molecule has 25 heavy (non-hydrogen) atoms. The number of nitrogens with zero attached hydrogens (tertiary/aromatic N) is 5. The van der Waals surface area contributed by atoms with Crippen molar-refractivity contribution in [2.24, 2.45) is 7.05 Å². The predicted molar refractivity (Wildman–Crippen MR) is 96.7 cm³/mol. The van der Waals surface area contributed by atoms with E-state index in [1.807, 2.05) is 31.2 Å². The molecule has 1 aromatic carbocycles. The lowest BCUT2D eigenvalue weighted by Gasteiger charge is -2.08. The third kappa shape index (κ3) is 2.47. The molecule has 4 aromatic rings. The number of H-pyrrole nitrogens is 1. The minimum absolute atomic E-state index is 0.254. The minimum Gasteiger partial charge on any atom is -0.305 e. The molecule has 0 aliphatic carbocycles. The van der Waals surface area contributed by atoms with Crippen molar-refractivity contribution in [2.75, 3.05) is 0 Å². The Hall–Kier alpha value is -2.81. The molecule has 126 valence electrons. The first kappa shape index (κ1) is 15.7. The summed E-state index contributed by atoms with van der Waals surface area (Å²) in [4.78, 5) is 39.7. The number of aromatic nitrogens is 6. The number of aromatic amines is 1. The minimum atomic E-state index is -0.507. The van der Waals surface area contributed by atoms with Gasteiger partial charge in [-0.15, -0.1) is 0 Å². The smallest absolute Gasteiger partial charge is 0.305 e. The largest absolute Gasteiger partial charge is 0.329 e. The number of hydrogen-bond acceptors (Lipinski definition) is 5. The van der Waals surface area contributed by atoms with Crippen molar-refractivity contribution in [3.63, 3.8) is 0 Å². The van der Waals surface area contributed by atoms with Crippen LogP contribution in [-0.2, 0) is 13.6 Å². The first-order valence-electron chi connectivity index (χ1n) is 7.53. The Bertz CT molecular complexity index is 1250. The number of nitrogens with one attached hydrogen (secondary N) is 1. The molecule has 0 fully saturated rings. The molecule has 3 aromatic heterocycles. The van der Waals surface area contributed by atoms with E-state index in [0.29, 0.717) is 21.7 Å². The monoisotopic (exact) mass is 400 g/mol. The Morgan fingerprint density at radius 1 is 1.16 bits per heavy atom. The van der Waals surface area contributed by atoms with Crippen molar-refractivity contribution in [1.82, 2.24) is 29.1 Å². The Morgan fingerprint density at radius 3 is 2.72 bits per heavy atom. The summed E-state index contributed by atoms with van der Waals surface area (Å²) in [5, 5.41) is 0.987. The summed E-state index contributed by atoms with van der Waals surface area (Å²) in [6.07, 6.45) is 0. The normalized spacial score (nSPS) is 11.5. The van der Waals surface area contributed by atoms with Gasteiger partial charge in [-0.3, -0.25) is 14.3 Å². The number of hydrogen-bond donors (Lipinski definition) is 1. The zero-order chi connectivity index (χ0) is 17.7. The van der Waals surface area contributed by atoms with Gasteiger partial charge in [0.05, 0.1) is 12.1 Å². The fourth-order valence-electron chi connectivity index (χ4n) is 2.86. The third-order valence-electron chi connectivity index (χ3n) is 4.10. The van der Waals surface area contributed by atoms with Gasteiger partial charge in [-0.1, -0.05) is 18.2 Å². The number of fused-ring (bicyclic) bond motifs is 2. The number of rotatable bonds is 2. The average Bonchev–Trinajstić information content (AvgIpc) is 2.90. The highest BCUT2D eigenvalue weighted by Gasteiger charge is 2.17. The van der Waals surface area contributed by atoms with Gasteiger partial charge in [0.25, 0.3) is 5.56 Å². The van der Waals surface area contributed by atoms with E-state index in [9.17, 15) is 9.59 Å². The topological polar surface area (TPSA) is 98.5 Å². The highest BCUT2D eigenvalue weighted by Crippen LogP contribution is 2.19. The quantitative estimate of drug-likeness (QED) is 0.513. The van der Waals surface area contributed by atoms with Gasteiger partial charge >= 0.3 is 5.69 Å². The fourth-order valence-corrected chi connectivity index (χ4v) is 3.33. The maximum absolute atomic E-state index is 12.3. The summed E-state index contributed by atoms with van der Waals surface area (Å²) in [5.74, 6) is 0.560. The average molecular weight is 401 g/mol. The lowest BCUT2D eigenvalue weighted by atomic mass is 10.2. The highest BCUT2D eigenvalue weighted by atomic mass is 79.9. The van der Waals surface area contributed by atoms with Crippen molar-refractivity contribution in [3.05, 3.63) is 61.4 Å². The van der Waals surface area contributed by atoms with Crippen LogP contribution in [0.15, 0.2) is 38.6 Å². The van der Waals surface area contributed by atoms with Crippen molar-refractivity contribution in [2.45, 2.75) is 13.5 Å². The van der Waals surface area contributed by atoms with Gasteiger partial charge in [0.2, 0.25) is 0 Å². The standard InChI is InChI=1S/C16H13BrN6O2/c1-8-9-5-3-4-6-10(9)19-11(18-8)7-23-12-13(20-15(23)17)22(2)16(25)21-14(12)24/h3-6H,7H2,1-2H3,(H,21,24,25).